The molecule has 0 N–H and O–H groups in total. The molecule has 1 aliphatic rings. The molecular weight excluding hydrogens is 448 g/mol. The average molecular weight is 477 g/mol. The zero-order chi connectivity index (χ0) is 24.1. The van der Waals surface area contributed by atoms with E-state index in [1.807, 2.05) is 42.5 Å². The minimum absolute atomic E-state index is 0.362. The summed E-state index contributed by atoms with van der Waals surface area (Å²) in [6.45, 7) is 2.15. The molecular formula is C27H28N2O4S. The molecule has 0 bridgehead atoms. The number of nitriles is 1. The SMILES string of the molecule is COc1cc(CN2CCC(S(=O)(=O)c3ccc(-c4ccc(C#N)cc4)cc3)CC2)cc(OC)c1. The standard InChI is InChI=1S/C27H28N2O4S/c1-32-24-15-21(16-25(17-24)33-2)19-29-13-11-27(12-14-29)34(30,31)26-9-7-23(8-10-26)22-5-3-20(18-28)4-6-22/h3-10,15-17,27H,11-14,19H2,1-2H3. The van der Waals surface area contributed by atoms with Crippen molar-refractivity contribution < 1.29 is 17.9 Å². The second kappa shape index (κ2) is 10.3. The van der Waals surface area contributed by atoms with Gasteiger partial charge in [-0.15, -0.1) is 0 Å². The Morgan fingerprint density at radius 2 is 1.41 bits per heavy atom. The smallest absolute Gasteiger partial charge is 0.181 e. The van der Waals surface area contributed by atoms with E-state index in [0.29, 0.717) is 36.4 Å². The average Bonchev–Trinajstić information content (AvgIpc) is 2.89. The summed E-state index contributed by atoms with van der Waals surface area (Å²) in [6.07, 6.45) is 1.20. The van der Waals surface area contributed by atoms with Crippen LogP contribution in [0.25, 0.3) is 11.1 Å². The maximum absolute atomic E-state index is 13.3. The van der Waals surface area contributed by atoms with Crippen molar-refractivity contribution in [1.82, 2.24) is 4.90 Å². The first-order valence-electron chi connectivity index (χ1n) is 11.2. The van der Waals surface area contributed by atoms with Gasteiger partial charge < -0.3 is 9.47 Å². The Morgan fingerprint density at radius 3 is 1.91 bits per heavy atom. The van der Waals surface area contributed by atoms with Crippen LogP contribution in [0.5, 0.6) is 11.5 Å². The Hall–Kier alpha value is -3.34. The molecule has 1 heterocycles. The summed E-state index contributed by atoms with van der Waals surface area (Å²) < 4.78 is 37.2. The molecule has 1 fully saturated rings. The van der Waals surface area contributed by atoms with E-state index in [9.17, 15) is 8.42 Å². The van der Waals surface area contributed by atoms with Crippen LogP contribution in [0.3, 0.4) is 0 Å². The van der Waals surface area contributed by atoms with Crippen LogP contribution in [-0.2, 0) is 16.4 Å². The van der Waals surface area contributed by atoms with E-state index >= 15 is 0 Å². The van der Waals surface area contributed by atoms with Gasteiger partial charge in [-0.25, -0.2) is 8.42 Å². The number of sulfone groups is 1. The van der Waals surface area contributed by atoms with E-state index in [1.165, 1.54) is 0 Å². The zero-order valence-corrected chi connectivity index (χ0v) is 20.2. The summed E-state index contributed by atoms with van der Waals surface area (Å²) in [6, 6.07) is 22.2. The lowest BCUT2D eigenvalue weighted by atomic mass is 10.0. The van der Waals surface area contributed by atoms with Crippen LogP contribution in [0.4, 0.5) is 0 Å². The number of hydrogen-bond acceptors (Lipinski definition) is 6. The molecule has 1 saturated heterocycles. The van der Waals surface area contributed by atoms with Crippen molar-refractivity contribution in [1.29, 1.82) is 5.26 Å². The molecule has 3 aromatic carbocycles. The molecule has 6 nitrogen and oxygen atoms in total. The third-order valence-electron chi connectivity index (χ3n) is 6.32. The summed E-state index contributed by atoms with van der Waals surface area (Å²) in [5, 5.41) is 8.57. The van der Waals surface area contributed by atoms with E-state index in [2.05, 4.69) is 11.0 Å². The first kappa shape index (κ1) is 23.8. The fourth-order valence-electron chi connectivity index (χ4n) is 4.36. The van der Waals surface area contributed by atoms with E-state index in [1.54, 1.807) is 38.5 Å². The van der Waals surface area contributed by atoms with Crippen LogP contribution < -0.4 is 9.47 Å². The maximum atomic E-state index is 13.3. The van der Waals surface area contributed by atoms with Crippen molar-refractivity contribution in [3.8, 4) is 28.7 Å². The molecule has 1 aliphatic heterocycles. The number of ether oxygens (including phenoxy) is 2. The molecule has 0 spiro atoms. The Balaban J connectivity index is 1.40. The first-order valence-corrected chi connectivity index (χ1v) is 12.8. The molecule has 4 rings (SSSR count). The van der Waals surface area contributed by atoms with Crippen LogP contribution >= 0.6 is 0 Å². The molecule has 0 amide bonds. The second-order valence-electron chi connectivity index (χ2n) is 8.45. The first-order chi connectivity index (χ1) is 16.4. The van der Waals surface area contributed by atoms with E-state index in [4.69, 9.17) is 14.7 Å². The number of benzene rings is 3. The van der Waals surface area contributed by atoms with Gasteiger partial charge in [-0.05, 0) is 79.0 Å². The largest absolute Gasteiger partial charge is 0.497 e. The fraction of sp³-hybridized carbons (Fsp3) is 0.296. The quantitative estimate of drug-likeness (QED) is 0.493. The molecule has 0 aliphatic carbocycles. The van der Waals surface area contributed by atoms with Crippen LogP contribution in [0, 0.1) is 11.3 Å². The fourth-order valence-corrected chi connectivity index (χ4v) is 6.09. The van der Waals surface area contributed by atoms with Gasteiger partial charge in [-0.2, -0.15) is 5.26 Å². The van der Waals surface area contributed by atoms with E-state index in [-0.39, 0.29) is 5.25 Å². The van der Waals surface area contributed by atoms with Crippen molar-refractivity contribution in [2.24, 2.45) is 0 Å². The molecule has 0 unspecified atom stereocenters. The predicted molar refractivity (Wildman–Crippen MR) is 132 cm³/mol. The third-order valence-corrected chi connectivity index (χ3v) is 8.60. The summed E-state index contributed by atoms with van der Waals surface area (Å²) in [7, 11) is -0.137. The lowest BCUT2D eigenvalue weighted by Gasteiger charge is -2.31. The molecule has 3 aromatic rings. The predicted octanol–water partition coefficient (Wildman–Crippen LogP) is 4.68. The van der Waals surface area contributed by atoms with Crippen LogP contribution in [-0.4, -0.2) is 45.9 Å². The number of hydrogen-bond donors (Lipinski definition) is 0. The summed E-state index contributed by atoms with van der Waals surface area (Å²) in [4.78, 5) is 2.63. The highest BCUT2D eigenvalue weighted by atomic mass is 32.2. The minimum Gasteiger partial charge on any atom is -0.497 e. The Labute approximate surface area is 201 Å². The van der Waals surface area contributed by atoms with Crippen LogP contribution in [0.2, 0.25) is 0 Å². The van der Waals surface area contributed by atoms with Crippen molar-refractivity contribution in [2.45, 2.75) is 29.5 Å². The summed E-state index contributed by atoms with van der Waals surface area (Å²) in [5.74, 6) is 1.49. The second-order valence-corrected chi connectivity index (χ2v) is 10.7. The number of rotatable bonds is 7. The van der Waals surface area contributed by atoms with Crippen molar-refractivity contribution in [2.75, 3.05) is 27.3 Å². The van der Waals surface area contributed by atoms with E-state index in [0.717, 1.165) is 34.7 Å². The van der Waals surface area contributed by atoms with Crippen LogP contribution in [0.1, 0.15) is 24.0 Å². The lowest BCUT2D eigenvalue weighted by Crippen LogP contribution is -2.38. The summed E-state index contributed by atoms with van der Waals surface area (Å²) in [5.41, 5.74) is 3.55. The van der Waals surface area contributed by atoms with Gasteiger partial charge in [-0.3, -0.25) is 4.90 Å². The highest BCUT2D eigenvalue weighted by Crippen LogP contribution is 2.29. The number of nitrogens with zero attached hydrogens (tertiary/aromatic N) is 2. The van der Waals surface area contributed by atoms with Crippen molar-refractivity contribution in [3.63, 3.8) is 0 Å². The molecule has 7 heteroatoms. The number of likely N-dealkylation sites (tertiary alicyclic amines) is 1. The maximum Gasteiger partial charge on any atom is 0.181 e. The number of piperidine rings is 1. The van der Waals surface area contributed by atoms with Gasteiger partial charge in [0, 0.05) is 12.6 Å². The third kappa shape index (κ3) is 5.24. The summed E-state index contributed by atoms with van der Waals surface area (Å²) >= 11 is 0. The molecule has 0 saturated carbocycles. The van der Waals surface area contributed by atoms with E-state index < -0.39 is 9.84 Å². The monoisotopic (exact) mass is 476 g/mol. The topological polar surface area (TPSA) is 79.6 Å². The molecule has 0 atom stereocenters. The molecule has 34 heavy (non-hydrogen) atoms. The van der Waals surface area contributed by atoms with Gasteiger partial charge >= 0.3 is 0 Å². The van der Waals surface area contributed by atoms with Gasteiger partial charge in [0.1, 0.15) is 11.5 Å². The Kier molecular flexibility index (Phi) is 7.20. The Morgan fingerprint density at radius 1 is 0.882 bits per heavy atom. The minimum atomic E-state index is -3.40. The van der Waals surface area contributed by atoms with Crippen molar-refractivity contribution in [3.05, 3.63) is 77.9 Å². The molecule has 0 radical (unpaired) electrons. The highest BCUT2D eigenvalue weighted by Gasteiger charge is 2.31. The van der Waals surface area contributed by atoms with Gasteiger partial charge in [0.15, 0.2) is 9.84 Å². The highest BCUT2D eigenvalue weighted by molar-refractivity contribution is 7.92. The van der Waals surface area contributed by atoms with Gasteiger partial charge in [0.25, 0.3) is 0 Å². The molecule has 176 valence electrons. The molecule has 0 aromatic heterocycles. The van der Waals surface area contributed by atoms with Crippen LogP contribution in [0.15, 0.2) is 71.6 Å². The number of methoxy groups -OCH3 is 2. The van der Waals surface area contributed by atoms with Gasteiger partial charge in [-0.1, -0.05) is 24.3 Å². The Bertz CT molecular complexity index is 1250. The van der Waals surface area contributed by atoms with Crippen molar-refractivity contribution >= 4 is 9.84 Å². The lowest BCUT2D eigenvalue weighted by molar-refractivity contribution is 0.221. The van der Waals surface area contributed by atoms with Gasteiger partial charge in [0.05, 0.1) is 36.0 Å². The van der Waals surface area contributed by atoms with Gasteiger partial charge in [0.2, 0.25) is 0 Å². The normalized spacial score (nSPS) is 15.0. The zero-order valence-electron chi connectivity index (χ0n) is 19.4.